The second kappa shape index (κ2) is 8.18. The molecule has 4 rings (SSSR count). The van der Waals surface area contributed by atoms with Gasteiger partial charge in [0.25, 0.3) is 5.56 Å². The van der Waals surface area contributed by atoms with Gasteiger partial charge in [0.15, 0.2) is 11.0 Å². The van der Waals surface area contributed by atoms with Crippen molar-refractivity contribution in [1.29, 1.82) is 0 Å². The van der Waals surface area contributed by atoms with Crippen LogP contribution in [0.4, 0.5) is 10.2 Å². The minimum atomic E-state index is -0.345. The van der Waals surface area contributed by atoms with Crippen LogP contribution in [0, 0.1) is 12.7 Å². The van der Waals surface area contributed by atoms with Gasteiger partial charge < -0.3 is 9.84 Å². The monoisotopic (exact) mass is 430 g/mol. The van der Waals surface area contributed by atoms with E-state index in [4.69, 9.17) is 4.52 Å². The third-order valence-corrected chi connectivity index (χ3v) is 5.88. The molecule has 10 heteroatoms. The fraction of sp³-hybridized carbons (Fsp3) is 0.158. The van der Waals surface area contributed by atoms with E-state index in [0.717, 1.165) is 17.3 Å². The predicted molar refractivity (Wildman–Crippen MR) is 110 cm³/mol. The maximum atomic E-state index is 13.2. The lowest BCUT2D eigenvalue weighted by Gasteiger charge is -2.12. The molecule has 0 aliphatic heterocycles. The van der Waals surface area contributed by atoms with E-state index in [2.05, 4.69) is 15.5 Å². The number of amides is 1. The Kier molecular flexibility index (Phi) is 5.45. The van der Waals surface area contributed by atoms with Gasteiger partial charge in [-0.1, -0.05) is 29.1 Å². The molecule has 0 aliphatic rings. The minimum Gasteiger partial charge on any atom is -0.360 e. The molecule has 0 atom stereocenters. The Balaban J connectivity index is 1.59. The summed E-state index contributed by atoms with van der Waals surface area (Å²) in [5.41, 5.74) is 1.16. The zero-order valence-corrected chi connectivity index (χ0v) is 16.8. The lowest BCUT2D eigenvalue weighted by Crippen LogP contribution is -2.24. The van der Waals surface area contributed by atoms with Gasteiger partial charge in [0, 0.05) is 6.07 Å². The topological polar surface area (TPSA) is 90.0 Å². The van der Waals surface area contributed by atoms with Crippen LogP contribution >= 0.6 is 23.1 Å². The van der Waals surface area contributed by atoms with Crippen LogP contribution in [0.3, 0.4) is 0 Å². The number of hydrogen-bond acceptors (Lipinski definition) is 7. The summed E-state index contributed by atoms with van der Waals surface area (Å²) in [5, 5.41) is 8.57. The number of fused-ring (bicyclic) bond motifs is 1. The third kappa shape index (κ3) is 4.38. The quantitative estimate of drug-likeness (QED) is 0.371. The highest BCUT2D eigenvalue weighted by atomic mass is 32.2. The molecular weight excluding hydrogens is 415 g/mol. The van der Waals surface area contributed by atoms with Crippen LogP contribution in [0.5, 0.6) is 0 Å². The molecule has 0 fully saturated rings. The van der Waals surface area contributed by atoms with E-state index >= 15 is 0 Å². The van der Waals surface area contributed by atoms with Gasteiger partial charge in [0.05, 0.1) is 17.8 Å². The van der Waals surface area contributed by atoms with E-state index in [1.165, 1.54) is 28.0 Å². The van der Waals surface area contributed by atoms with Gasteiger partial charge >= 0.3 is 0 Å². The molecule has 0 spiro atoms. The Labute approximate surface area is 172 Å². The largest absolute Gasteiger partial charge is 0.360 e. The van der Waals surface area contributed by atoms with E-state index in [0.29, 0.717) is 27.0 Å². The zero-order valence-electron chi connectivity index (χ0n) is 15.2. The number of aromatic nitrogens is 3. The normalized spacial score (nSPS) is 11.1. The Hall–Kier alpha value is -2.98. The SMILES string of the molecule is Cc1cc(NC(=O)CSc2nc3ccsc3c(=O)n2Cc2ccc(F)cc2)no1. The summed E-state index contributed by atoms with van der Waals surface area (Å²) < 4.78 is 20.2. The molecule has 29 heavy (non-hydrogen) atoms. The van der Waals surface area contributed by atoms with Crippen LogP contribution in [0.25, 0.3) is 10.2 Å². The van der Waals surface area contributed by atoms with E-state index in [-0.39, 0.29) is 29.6 Å². The summed E-state index contributed by atoms with van der Waals surface area (Å²) in [6.45, 7) is 1.96. The first kappa shape index (κ1) is 19.3. The van der Waals surface area contributed by atoms with Gasteiger partial charge in [-0.05, 0) is 36.1 Å². The Morgan fingerprint density at radius 2 is 2.10 bits per heavy atom. The van der Waals surface area contributed by atoms with Crippen molar-refractivity contribution < 1.29 is 13.7 Å². The fourth-order valence-electron chi connectivity index (χ4n) is 2.68. The van der Waals surface area contributed by atoms with E-state index < -0.39 is 0 Å². The van der Waals surface area contributed by atoms with Crippen molar-refractivity contribution in [3.63, 3.8) is 0 Å². The summed E-state index contributed by atoms with van der Waals surface area (Å²) >= 11 is 2.46. The molecule has 4 aromatic rings. The highest BCUT2D eigenvalue weighted by molar-refractivity contribution is 7.99. The molecule has 3 heterocycles. The second-order valence-electron chi connectivity index (χ2n) is 6.21. The Morgan fingerprint density at radius 3 is 2.83 bits per heavy atom. The molecule has 0 bridgehead atoms. The average Bonchev–Trinajstić information content (AvgIpc) is 3.33. The Morgan fingerprint density at radius 1 is 1.31 bits per heavy atom. The van der Waals surface area contributed by atoms with Crippen LogP contribution in [-0.2, 0) is 11.3 Å². The maximum Gasteiger partial charge on any atom is 0.272 e. The Bertz CT molecular complexity index is 1230. The zero-order chi connectivity index (χ0) is 20.4. The van der Waals surface area contributed by atoms with Crippen LogP contribution in [0.15, 0.2) is 56.3 Å². The summed E-state index contributed by atoms with van der Waals surface area (Å²) in [7, 11) is 0. The van der Waals surface area contributed by atoms with Crippen molar-refractivity contribution in [3.8, 4) is 0 Å². The molecule has 1 aromatic carbocycles. The van der Waals surface area contributed by atoms with Crippen LogP contribution in [0.1, 0.15) is 11.3 Å². The first-order valence-corrected chi connectivity index (χ1v) is 10.4. The predicted octanol–water partition coefficient (Wildman–Crippen LogP) is 3.67. The molecule has 0 aliphatic carbocycles. The van der Waals surface area contributed by atoms with Crippen LogP contribution in [0.2, 0.25) is 0 Å². The molecule has 148 valence electrons. The van der Waals surface area contributed by atoms with Gasteiger partial charge in [-0.15, -0.1) is 11.3 Å². The standard InChI is InChI=1S/C19H15FN4O3S2/c1-11-8-15(23-27-11)22-16(25)10-29-19-21-14-6-7-28-17(14)18(26)24(19)9-12-2-4-13(20)5-3-12/h2-8H,9-10H2,1H3,(H,22,23,25). The van der Waals surface area contributed by atoms with Crippen molar-refractivity contribution in [2.45, 2.75) is 18.6 Å². The number of halogens is 1. The van der Waals surface area contributed by atoms with Crippen molar-refractivity contribution in [3.05, 3.63) is 69.3 Å². The van der Waals surface area contributed by atoms with E-state index in [1.807, 2.05) is 0 Å². The number of anilines is 1. The van der Waals surface area contributed by atoms with E-state index in [1.54, 1.807) is 36.6 Å². The molecule has 0 saturated carbocycles. The van der Waals surface area contributed by atoms with Crippen LogP contribution in [-0.4, -0.2) is 26.4 Å². The fourth-order valence-corrected chi connectivity index (χ4v) is 4.26. The van der Waals surface area contributed by atoms with Crippen molar-refractivity contribution in [1.82, 2.24) is 14.7 Å². The summed E-state index contributed by atoms with van der Waals surface area (Å²) in [4.78, 5) is 29.7. The molecule has 1 amide bonds. The van der Waals surface area contributed by atoms with Crippen molar-refractivity contribution in [2.24, 2.45) is 0 Å². The van der Waals surface area contributed by atoms with Gasteiger partial charge in [-0.2, -0.15) is 0 Å². The first-order chi connectivity index (χ1) is 14.0. The molecule has 0 unspecified atom stereocenters. The van der Waals surface area contributed by atoms with Gasteiger partial charge in [-0.3, -0.25) is 14.2 Å². The van der Waals surface area contributed by atoms with Crippen LogP contribution < -0.4 is 10.9 Å². The number of benzene rings is 1. The average molecular weight is 430 g/mol. The number of thioether (sulfide) groups is 1. The number of aryl methyl sites for hydroxylation is 1. The smallest absolute Gasteiger partial charge is 0.272 e. The van der Waals surface area contributed by atoms with Gasteiger partial charge in [-0.25, -0.2) is 9.37 Å². The van der Waals surface area contributed by atoms with Gasteiger partial charge in [0.1, 0.15) is 16.3 Å². The van der Waals surface area contributed by atoms with Crippen molar-refractivity contribution in [2.75, 3.05) is 11.1 Å². The summed E-state index contributed by atoms with van der Waals surface area (Å²) in [6, 6.07) is 9.31. The molecule has 0 radical (unpaired) electrons. The van der Waals surface area contributed by atoms with E-state index in [9.17, 15) is 14.0 Å². The number of carbonyl (C=O) groups is 1. The number of carbonyl (C=O) groups excluding carboxylic acids is 1. The molecule has 7 nitrogen and oxygen atoms in total. The summed E-state index contributed by atoms with van der Waals surface area (Å²) in [5.74, 6) is 0.319. The molecule has 0 saturated heterocycles. The second-order valence-corrected chi connectivity index (χ2v) is 8.07. The molecule has 3 aromatic heterocycles. The lowest BCUT2D eigenvalue weighted by atomic mass is 10.2. The number of hydrogen-bond donors (Lipinski definition) is 1. The number of nitrogens with one attached hydrogen (secondary N) is 1. The lowest BCUT2D eigenvalue weighted by molar-refractivity contribution is -0.113. The highest BCUT2D eigenvalue weighted by Gasteiger charge is 2.15. The number of thiophene rings is 1. The number of rotatable bonds is 6. The van der Waals surface area contributed by atoms with Crippen molar-refractivity contribution >= 4 is 45.0 Å². The molecule has 1 N–H and O–H groups in total. The third-order valence-electron chi connectivity index (χ3n) is 4.01. The first-order valence-electron chi connectivity index (χ1n) is 8.58. The highest BCUT2D eigenvalue weighted by Crippen LogP contribution is 2.22. The molecular formula is C19H15FN4O3S2. The summed E-state index contributed by atoms with van der Waals surface area (Å²) in [6.07, 6.45) is 0. The maximum absolute atomic E-state index is 13.2. The number of nitrogens with zero attached hydrogens (tertiary/aromatic N) is 3. The minimum absolute atomic E-state index is 0.0391. The van der Waals surface area contributed by atoms with Gasteiger partial charge in [0.2, 0.25) is 5.91 Å².